The van der Waals surface area contributed by atoms with E-state index in [2.05, 4.69) is 25.1 Å². The number of ether oxygens (including phenoxy) is 2. The molecule has 5 heteroatoms. The van der Waals surface area contributed by atoms with Crippen LogP contribution in [0.1, 0.15) is 16.7 Å². The summed E-state index contributed by atoms with van der Waals surface area (Å²) in [6.07, 6.45) is 1.40. The number of nitriles is 1. The van der Waals surface area contributed by atoms with E-state index in [1.54, 1.807) is 24.3 Å². The van der Waals surface area contributed by atoms with Crippen LogP contribution in [0.5, 0.6) is 11.5 Å². The van der Waals surface area contributed by atoms with E-state index in [-0.39, 0.29) is 5.57 Å². The van der Waals surface area contributed by atoms with Gasteiger partial charge in [-0.2, -0.15) is 5.26 Å². The topological polar surface area (TPSA) is 85.3 Å². The summed E-state index contributed by atoms with van der Waals surface area (Å²) in [6, 6.07) is 23.4. The van der Waals surface area contributed by atoms with Crippen LogP contribution in [0.15, 0.2) is 72.3 Å². The van der Waals surface area contributed by atoms with Crippen molar-refractivity contribution in [3.63, 3.8) is 0 Å². The number of primary amides is 1. The molecule has 0 fully saturated rings. The summed E-state index contributed by atoms with van der Waals surface area (Å²) in [5.41, 5.74) is 10.2. The van der Waals surface area contributed by atoms with Crippen LogP contribution in [0.3, 0.4) is 0 Å². The molecule has 3 aromatic rings. The van der Waals surface area contributed by atoms with Crippen molar-refractivity contribution in [2.24, 2.45) is 5.73 Å². The average molecular weight is 398 g/mol. The van der Waals surface area contributed by atoms with Crippen molar-refractivity contribution >= 4 is 12.0 Å². The zero-order valence-corrected chi connectivity index (χ0v) is 16.9. The summed E-state index contributed by atoms with van der Waals surface area (Å²) < 4.78 is 11.4. The Balaban J connectivity index is 1.82. The Kier molecular flexibility index (Phi) is 6.51. The second kappa shape index (κ2) is 9.44. The number of hydrogen-bond acceptors (Lipinski definition) is 4. The first-order chi connectivity index (χ1) is 14.5. The predicted octanol–water partition coefficient (Wildman–Crippen LogP) is 4.64. The molecule has 5 nitrogen and oxygen atoms in total. The monoisotopic (exact) mass is 398 g/mol. The zero-order chi connectivity index (χ0) is 21.5. The van der Waals surface area contributed by atoms with Gasteiger partial charge in [0.25, 0.3) is 5.91 Å². The number of rotatable bonds is 7. The average Bonchev–Trinajstić information content (AvgIpc) is 2.77. The van der Waals surface area contributed by atoms with Crippen LogP contribution in [0.4, 0.5) is 0 Å². The van der Waals surface area contributed by atoms with Crippen molar-refractivity contribution in [1.29, 1.82) is 5.26 Å². The van der Waals surface area contributed by atoms with Crippen molar-refractivity contribution in [1.82, 2.24) is 0 Å². The van der Waals surface area contributed by atoms with Crippen LogP contribution in [-0.2, 0) is 11.4 Å². The molecule has 0 aliphatic carbocycles. The molecule has 1 amide bonds. The van der Waals surface area contributed by atoms with E-state index < -0.39 is 5.91 Å². The maximum Gasteiger partial charge on any atom is 0.259 e. The molecule has 0 spiro atoms. The van der Waals surface area contributed by atoms with Crippen molar-refractivity contribution in [2.75, 3.05) is 7.11 Å². The van der Waals surface area contributed by atoms with Crippen LogP contribution >= 0.6 is 0 Å². The molecule has 0 saturated heterocycles. The second-order valence-corrected chi connectivity index (χ2v) is 6.68. The molecule has 0 aromatic heterocycles. The molecule has 0 aliphatic heterocycles. The lowest BCUT2D eigenvalue weighted by molar-refractivity contribution is -0.114. The molecule has 2 N–H and O–H groups in total. The Morgan fingerprint density at radius 2 is 1.87 bits per heavy atom. The van der Waals surface area contributed by atoms with Crippen LogP contribution in [0.2, 0.25) is 0 Å². The van der Waals surface area contributed by atoms with E-state index in [1.807, 2.05) is 30.3 Å². The van der Waals surface area contributed by atoms with E-state index in [1.165, 1.54) is 18.7 Å². The van der Waals surface area contributed by atoms with Crippen LogP contribution in [0, 0.1) is 18.3 Å². The van der Waals surface area contributed by atoms with Crippen molar-refractivity contribution in [3.05, 3.63) is 89.0 Å². The van der Waals surface area contributed by atoms with Gasteiger partial charge in [0.1, 0.15) is 29.7 Å². The Morgan fingerprint density at radius 3 is 2.53 bits per heavy atom. The van der Waals surface area contributed by atoms with Crippen LogP contribution in [0.25, 0.3) is 17.2 Å². The van der Waals surface area contributed by atoms with Gasteiger partial charge in [-0.1, -0.05) is 48.5 Å². The Labute approximate surface area is 176 Å². The van der Waals surface area contributed by atoms with Gasteiger partial charge < -0.3 is 15.2 Å². The molecule has 0 atom stereocenters. The third-order valence-electron chi connectivity index (χ3n) is 4.82. The Hall–Kier alpha value is -4.04. The van der Waals surface area contributed by atoms with Crippen molar-refractivity contribution < 1.29 is 14.3 Å². The van der Waals surface area contributed by atoms with Crippen molar-refractivity contribution in [2.45, 2.75) is 13.5 Å². The zero-order valence-electron chi connectivity index (χ0n) is 16.9. The van der Waals surface area contributed by atoms with Gasteiger partial charge in [-0.3, -0.25) is 4.79 Å². The van der Waals surface area contributed by atoms with Gasteiger partial charge in [0.15, 0.2) is 0 Å². The molecule has 0 radical (unpaired) electrons. The molecule has 3 aromatic carbocycles. The first kappa shape index (κ1) is 20.7. The first-order valence-electron chi connectivity index (χ1n) is 9.40. The molecule has 150 valence electrons. The highest BCUT2D eigenvalue weighted by Crippen LogP contribution is 2.29. The molecule has 3 rings (SSSR count). The fourth-order valence-electron chi connectivity index (χ4n) is 3.15. The highest BCUT2D eigenvalue weighted by atomic mass is 16.5. The minimum absolute atomic E-state index is 0.143. The second-order valence-electron chi connectivity index (χ2n) is 6.68. The third-order valence-corrected chi connectivity index (χ3v) is 4.82. The van der Waals surface area contributed by atoms with Crippen LogP contribution in [-0.4, -0.2) is 13.0 Å². The number of benzene rings is 3. The summed E-state index contributed by atoms with van der Waals surface area (Å²) in [7, 11) is 1.51. The minimum Gasteiger partial charge on any atom is -0.496 e. The quantitative estimate of drug-likeness (QED) is 0.464. The van der Waals surface area contributed by atoms with Gasteiger partial charge in [-0.25, -0.2) is 0 Å². The number of amides is 1. The number of nitrogens with zero attached hydrogens (tertiary/aromatic N) is 1. The van der Waals surface area contributed by atoms with Gasteiger partial charge in [0.05, 0.1) is 7.11 Å². The van der Waals surface area contributed by atoms with Gasteiger partial charge in [-0.05, 0) is 47.4 Å². The largest absolute Gasteiger partial charge is 0.496 e. The fourth-order valence-corrected chi connectivity index (χ4v) is 3.15. The third kappa shape index (κ3) is 4.68. The molecule has 0 aliphatic rings. The molecular weight excluding hydrogens is 376 g/mol. The first-order valence-corrected chi connectivity index (χ1v) is 9.40. The van der Waals surface area contributed by atoms with E-state index in [0.29, 0.717) is 23.7 Å². The maximum absolute atomic E-state index is 11.3. The summed E-state index contributed by atoms with van der Waals surface area (Å²) in [6.45, 7) is 2.48. The van der Waals surface area contributed by atoms with E-state index in [4.69, 9.17) is 20.5 Å². The number of carbonyl (C=O) groups excluding carboxylic acids is 1. The molecule has 0 bridgehead atoms. The van der Waals surface area contributed by atoms with E-state index >= 15 is 0 Å². The van der Waals surface area contributed by atoms with E-state index in [0.717, 1.165) is 16.7 Å². The van der Waals surface area contributed by atoms with Gasteiger partial charge >= 0.3 is 0 Å². The SMILES string of the molecule is COc1cc(OCc2cccc(-c3ccccc3)c2C)ccc1/C=C(\C#N)C(N)=O. The molecule has 0 unspecified atom stereocenters. The molecule has 0 heterocycles. The van der Waals surface area contributed by atoms with Gasteiger partial charge in [0, 0.05) is 11.6 Å². The fraction of sp³-hybridized carbons (Fsp3) is 0.120. The molecular formula is C25H22N2O3. The van der Waals surface area contributed by atoms with Crippen molar-refractivity contribution in [3.8, 4) is 28.7 Å². The lowest BCUT2D eigenvalue weighted by Crippen LogP contribution is -2.12. The lowest BCUT2D eigenvalue weighted by atomic mass is 9.97. The number of nitrogens with two attached hydrogens (primary N) is 1. The predicted molar refractivity (Wildman–Crippen MR) is 117 cm³/mol. The normalized spacial score (nSPS) is 10.9. The Morgan fingerprint density at radius 1 is 1.10 bits per heavy atom. The number of carbonyl (C=O) groups is 1. The molecule has 0 saturated carbocycles. The highest BCUT2D eigenvalue weighted by Gasteiger charge is 2.10. The van der Waals surface area contributed by atoms with Gasteiger partial charge in [0.2, 0.25) is 0 Å². The van der Waals surface area contributed by atoms with E-state index in [9.17, 15) is 4.79 Å². The summed E-state index contributed by atoms with van der Waals surface area (Å²) >= 11 is 0. The lowest BCUT2D eigenvalue weighted by Gasteiger charge is -2.14. The maximum atomic E-state index is 11.3. The molecule has 30 heavy (non-hydrogen) atoms. The standard InChI is InChI=1S/C25H22N2O3/c1-17-20(9-6-10-23(17)18-7-4-3-5-8-18)16-30-22-12-11-19(24(14-22)29-2)13-21(15-26)25(27)28/h3-14H,16H2,1-2H3,(H2,27,28)/b21-13+. The smallest absolute Gasteiger partial charge is 0.259 e. The van der Waals surface area contributed by atoms with Crippen LogP contribution < -0.4 is 15.2 Å². The number of hydrogen-bond donors (Lipinski definition) is 1. The van der Waals surface area contributed by atoms with Gasteiger partial charge in [-0.15, -0.1) is 0 Å². The minimum atomic E-state index is -0.784. The number of methoxy groups -OCH3 is 1. The highest BCUT2D eigenvalue weighted by molar-refractivity contribution is 6.00. The summed E-state index contributed by atoms with van der Waals surface area (Å²) in [5.74, 6) is 0.316. The summed E-state index contributed by atoms with van der Waals surface area (Å²) in [5, 5.41) is 9.03. The Bertz CT molecular complexity index is 1130. The summed E-state index contributed by atoms with van der Waals surface area (Å²) in [4.78, 5) is 11.3.